The third-order valence-electron chi connectivity index (χ3n) is 5.57. The van der Waals surface area contributed by atoms with Crippen LogP contribution < -0.4 is 9.64 Å². The molecule has 4 heteroatoms. The van der Waals surface area contributed by atoms with E-state index >= 15 is 0 Å². The maximum atomic E-state index is 6.06. The van der Waals surface area contributed by atoms with E-state index in [2.05, 4.69) is 59.3 Å². The van der Waals surface area contributed by atoms with Crippen molar-refractivity contribution in [1.29, 1.82) is 0 Å². The number of hydrogen-bond acceptors (Lipinski definition) is 4. The van der Waals surface area contributed by atoms with Gasteiger partial charge >= 0.3 is 0 Å². The van der Waals surface area contributed by atoms with Gasteiger partial charge in [-0.25, -0.2) is 0 Å². The average Bonchev–Trinajstić information content (AvgIpc) is 3.13. The van der Waals surface area contributed by atoms with E-state index in [0.29, 0.717) is 5.92 Å². The lowest BCUT2D eigenvalue weighted by Crippen LogP contribution is -2.34. The zero-order chi connectivity index (χ0) is 20.2. The Labute approximate surface area is 173 Å². The fourth-order valence-corrected chi connectivity index (χ4v) is 3.89. The van der Waals surface area contributed by atoms with Crippen molar-refractivity contribution >= 4 is 28.8 Å². The van der Waals surface area contributed by atoms with E-state index in [1.165, 1.54) is 25.1 Å². The van der Waals surface area contributed by atoms with Gasteiger partial charge in [-0.05, 0) is 68.4 Å². The van der Waals surface area contributed by atoms with Gasteiger partial charge in [-0.1, -0.05) is 18.2 Å². The first kappa shape index (κ1) is 19.6. The van der Waals surface area contributed by atoms with Crippen LogP contribution >= 0.6 is 0 Å². The van der Waals surface area contributed by atoms with Gasteiger partial charge in [0.15, 0.2) is 0 Å². The Morgan fingerprint density at radius 1 is 1.10 bits per heavy atom. The summed E-state index contributed by atoms with van der Waals surface area (Å²) in [6, 6.07) is 16.7. The first-order chi connectivity index (χ1) is 14.1. The molecule has 2 heterocycles. The number of hydrogen-bond donors (Lipinski definition) is 0. The Morgan fingerprint density at radius 2 is 1.93 bits per heavy atom. The van der Waals surface area contributed by atoms with Crippen LogP contribution in [0.3, 0.4) is 0 Å². The first-order valence-corrected chi connectivity index (χ1v) is 10.4. The van der Waals surface area contributed by atoms with Gasteiger partial charge in [0.2, 0.25) is 0 Å². The van der Waals surface area contributed by atoms with Crippen LogP contribution in [0, 0.1) is 5.92 Å². The lowest BCUT2D eigenvalue weighted by Gasteiger charge is -2.29. The second-order valence-corrected chi connectivity index (χ2v) is 8.25. The SMILES string of the molecule is CN1CCCC(COc2ccc3cc(C=Cc4ccc(N(C)C)cc4)oc3c2)C1. The molecule has 0 spiro atoms. The van der Waals surface area contributed by atoms with E-state index in [1.807, 2.05) is 32.3 Å². The summed E-state index contributed by atoms with van der Waals surface area (Å²) in [4.78, 5) is 4.48. The van der Waals surface area contributed by atoms with Gasteiger partial charge in [-0.3, -0.25) is 0 Å². The summed E-state index contributed by atoms with van der Waals surface area (Å²) in [6.45, 7) is 3.09. The van der Waals surface area contributed by atoms with Gasteiger partial charge < -0.3 is 19.0 Å². The molecule has 29 heavy (non-hydrogen) atoms. The van der Waals surface area contributed by atoms with Crippen molar-refractivity contribution < 1.29 is 9.15 Å². The van der Waals surface area contributed by atoms with Gasteiger partial charge in [0.25, 0.3) is 0 Å². The van der Waals surface area contributed by atoms with Crippen LogP contribution in [0.15, 0.2) is 52.9 Å². The molecule has 0 saturated carbocycles. The van der Waals surface area contributed by atoms with Gasteiger partial charge in [-0.15, -0.1) is 0 Å². The molecule has 1 atom stereocenters. The maximum Gasteiger partial charge on any atom is 0.138 e. The molecule has 0 amide bonds. The third kappa shape index (κ3) is 5.01. The molecule has 4 nitrogen and oxygen atoms in total. The van der Waals surface area contributed by atoms with Crippen LogP contribution in [0.1, 0.15) is 24.2 Å². The molecule has 1 aromatic heterocycles. The molecule has 0 radical (unpaired) electrons. The minimum Gasteiger partial charge on any atom is -0.493 e. The van der Waals surface area contributed by atoms with E-state index in [0.717, 1.165) is 41.2 Å². The molecular weight excluding hydrogens is 360 g/mol. The third-order valence-corrected chi connectivity index (χ3v) is 5.57. The molecule has 4 rings (SSSR count). The van der Waals surface area contributed by atoms with Crippen molar-refractivity contribution in [3.8, 4) is 5.75 Å². The van der Waals surface area contributed by atoms with Crippen LogP contribution in [-0.2, 0) is 0 Å². The number of likely N-dealkylation sites (tertiary alicyclic amines) is 1. The highest BCUT2D eigenvalue weighted by Gasteiger charge is 2.17. The molecule has 0 aliphatic carbocycles. The van der Waals surface area contributed by atoms with Crippen LogP contribution in [0.2, 0.25) is 0 Å². The maximum absolute atomic E-state index is 6.06. The van der Waals surface area contributed by atoms with Crippen molar-refractivity contribution in [2.75, 3.05) is 45.7 Å². The Kier molecular flexibility index (Phi) is 5.91. The quantitative estimate of drug-likeness (QED) is 0.564. The molecule has 0 N–H and O–H groups in total. The fourth-order valence-electron chi connectivity index (χ4n) is 3.89. The summed E-state index contributed by atoms with van der Waals surface area (Å²) in [6.07, 6.45) is 6.60. The summed E-state index contributed by atoms with van der Waals surface area (Å²) in [5.74, 6) is 2.34. The highest BCUT2D eigenvalue weighted by molar-refractivity contribution is 5.83. The summed E-state index contributed by atoms with van der Waals surface area (Å²) < 4.78 is 12.1. The van der Waals surface area contributed by atoms with Gasteiger partial charge in [0, 0.05) is 43.7 Å². The van der Waals surface area contributed by atoms with E-state index in [9.17, 15) is 0 Å². The zero-order valence-corrected chi connectivity index (χ0v) is 17.6. The number of anilines is 1. The lowest BCUT2D eigenvalue weighted by atomic mass is 10.00. The Morgan fingerprint density at radius 3 is 2.69 bits per heavy atom. The number of fused-ring (bicyclic) bond motifs is 1. The molecule has 1 aliphatic heterocycles. The topological polar surface area (TPSA) is 28.9 Å². The predicted molar refractivity (Wildman–Crippen MR) is 122 cm³/mol. The van der Waals surface area contributed by atoms with E-state index < -0.39 is 0 Å². The minimum atomic E-state index is 0.610. The van der Waals surface area contributed by atoms with Crippen molar-refractivity contribution in [3.05, 3.63) is 59.9 Å². The van der Waals surface area contributed by atoms with Gasteiger partial charge in [-0.2, -0.15) is 0 Å². The molecule has 2 aromatic carbocycles. The first-order valence-electron chi connectivity index (χ1n) is 10.4. The number of furan rings is 1. The molecule has 1 fully saturated rings. The minimum absolute atomic E-state index is 0.610. The van der Waals surface area contributed by atoms with Crippen molar-refractivity contribution in [2.24, 2.45) is 5.92 Å². The monoisotopic (exact) mass is 390 g/mol. The largest absolute Gasteiger partial charge is 0.493 e. The molecule has 1 aliphatic rings. The predicted octanol–water partition coefficient (Wildman–Crippen LogP) is 5.39. The summed E-state index contributed by atoms with van der Waals surface area (Å²) in [5, 5.41) is 1.09. The number of benzene rings is 2. The molecule has 1 saturated heterocycles. The number of ether oxygens (including phenoxy) is 1. The zero-order valence-electron chi connectivity index (χ0n) is 17.6. The smallest absolute Gasteiger partial charge is 0.138 e. The van der Waals surface area contributed by atoms with E-state index in [4.69, 9.17) is 9.15 Å². The van der Waals surface area contributed by atoms with Crippen LogP contribution in [-0.4, -0.2) is 45.7 Å². The van der Waals surface area contributed by atoms with Crippen molar-refractivity contribution in [3.63, 3.8) is 0 Å². The van der Waals surface area contributed by atoms with Crippen molar-refractivity contribution in [1.82, 2.24) is 4.90 Å². The standard InChI is InChI=1S/C25H30N2O2/c1-26(2)22-10-6-19(7-11-22)8-12-24-15-21-9-13-23(16-25(21)29-24)28-18-20-5-4-14-27(3)17-20/h6-13,15-16,20H,4-5,14,17-18H2,1-3H3. The summed E-state index contributed by atoms with van der Waals surface area (Å²) >= 11 is 0. The van der Waals surface area contributed by atoms with Gasteiger partial charge in [0.1, 0.15) is 17.1 Å². The van der Waals surface area contributed by atoms with Crippen molar-refractivity contribution in [2.45, 2.75) is 12.8 Å². The molecule has 152 valence electrons. The van der Waals surface area contributed by atoms with Gasteiger partial charge in [0.05, 0.1) is 6.61 Å². The fraction of sp³-hybridized carbons (Fsp3) is 0.360. The number of rotatable bonds is 6. The highest BCUT2D eigenvalue weighted by atomic mass is 16.5. The second-order valence-electron chi connectivity index (χ2n) is 8.25. The highest BCUT2D eigenvalue weighted by Crippen LogP contribution is 2.26. The lowest BCUT2D eigenvalue weighted by molar-refractivity contribution is 0.150. The normalized spacial score (nSPS) is 17.8. The number of nitrogens with zero attached hydrogens (tertiary/aromatic N) is 2. The Bertz CT molecular complexity index is 972. The average molecular weight is 391 g/mol. The Balaban J connectivity index is 1.41. The summed E-state index contributed by atoms with van der Waals surface area (Å²) in [7, 11) is 6.28. The Hall–Kier alpha value is -2.72. The number of piperidine rings is 1. The second kappa shape index (κ2) is 8.75. The molecule has 0 bridgehead atoms. The van der Waals surface area contributed by atoms with E-state index in [-0.39, 0.29) is 0 Å². The van der Waals surface area contributed by atoms with Crippen LogP contribution in [0.4, 0.5) is 5.69 Å². The van der Waals surface area contributed by atoms with Crippen LogP contribution in [0.5, 0.6) is 5.75 Å². The van der Waals surface area contributed by atoms with Crippen LogP contribution in [0.25, 0.3) is 23.1 Å². The molecule has 1 unspecified atom stereocenters. The molecular formula is C25H30N2O2. The summed E-state index contributed by atoms with van der Waals surface area (Å²) in [5.41, 5.74) is 3.21. The van der Waals surface area contributed by atoms with E-state index in [1.54, 1.807) is 0 Å². The molecule has 3 aromatic rings.